The highest BCUT2D eigenvalue weighted by atomic mass is 35.5. The van der Waals surface area contributed by atoms with Crippen LogP contribution in [0.2, 0.25) is 0 Å². The molecule has 0 heterocycles. The minimum atomic E-state index is -0.487. The number of halogens is 1. The maximum atomic E-state index is 11.5. The molecule has 0 aromatic heterocycles. The molecule has 0 unspecified atom stereocenters. The topological polar surface area (TPSA) is 43.4 Å². The van der Waals surface area contributed by atoms with Crippen LogP contribution in [0.15, 0.2) is 29.2 Å². The Labute approximate surface area is 116 Å². The van der Waals surface area contributed by atoms with Crippen molar-refractivity contribution in [2.45, 2.75) is 31.3 Å². The zero-order valence-corrected chi connectivity index (χ0v) is 12.1. The molecule has 0 fully saturated rings. The number of hydrogen-bond acceptors (Lipinski definition) is 4. The fourth-order valence-electron chi connectivity index (χ4n) is 1.20. The van der Waals surface area contributed by atoms with E-state index in [2.05, 4.69) is 0 Å². The molecule has 3 nitrogen and oxygen atoms in total. The number of esters is 1. The molecule has 0 saturated carbocycles. The monoisotopic (exact) mass is 286 g/mol. The molecular weight excluding hydrogens is 272 g/mol. The second kappa shape index (κ2) is 6.25. The van der Waals surface area contributed by atoms with E-state index >= 15 is 0 Å². The quantitative estimate of drug-likeness (QED) is 0.483. The first-order valence-electron chi connectivity index (χ1n) is 5.42. The molecule has 0 bridgehead atoms. The summed E-state index contributed by atoms with van der Waals surface area (Å²) in [4.78, 5) is 23.2. The number of carbonyl (C=O) groups is 2. The highest BCUT2D eigenvalue weighted by Crippen LogP contribution is 2.20. The van der Waals surface area contributed by atoms with Crippen LogP contribution in [0, 0.1) is 0 Å². The fraction of sp³-hybridized carbons (Fsp3) is 0.385. The van der Waals surface area contributed by atoms with Crippen LogP contribution in [0.1, 0.15) is 31.1 Å². The SMILES string of the molecule is CC(C)(C)OC(=O)CSc1ccc(C(=O)Cl)cc1. The Balaban J connectivity index is 2.49. The summed E-state index contributed by atoms with van der Waals surface area (Å²) in [7, 11) is 0. The fourth-order valence-corrected chi connectivity index (χ4v) is 1.99. The van der Waals surface area contributed by atoms with Crippen molar-refractivity contribution in [1.29, 1.82) is 0 Å². The molecule has 18 heavy (non-hydrogen) atoms. The minimum absolute atomic E-state index is 0.242. The van der Waals surface area contributed by atoms with E-state index in [0.717, 1.165) is 4.90 Å². The normalized spacial score (nSPS) is 11.1. The van der Waals surface area contributed by atoms with Gasteiger partial charge in [0.2, 0.25) is 0 Å². The summed E-state index contributed by atoms with van der Waals surface area (Å²) in [5.74, 6) is -0.0178. The van der Waals surface area contributed by atoms with Gasteiger partial charge in [-0.15, -0.1) is 11.8 Å². The van der Waals surface area contributed by atoms with Crippen molar-refractivity contribution in [1.82, 2.24) is 0 Å². The molecule has 0 N–H and O–H groups in total. The Morgan fingerprint density at radius 1 is 1.22 bits per heavy atom. The third-order valence-corrected chi connectivity index (χ3v) is 3.06. The molecule has 0 spiro atoms. The smallest absolute Gasteiger partial charge is 0.316 e. The Kier molecular flexibility index (Phi) is 5.23. The van der Waals surface area contributed by atoms with Crippen LogP contribution in [-0.4, -0.2) is 22.6 Å². The van der Waals surface area contributed by atoms with Crippen molar-refractivity contribution in [3.63, 3.8) is 0 Å². The van der Waals surface area contributed by atoms with Gasteiger partial charge in [-0.25, -0.2) is 0 Å². The zero-order chi connectivity index (χ0) is 13.8. The van der Waals surface area contributed by atoms with Gasteiger partial charge in [0, 0.05) is 10.5 Å². The van der Waals surface area contributed by atoms with E-state index in [1.54, 1.807) is 24.3 Å². The van der Waals surface area contributed by atoms with Gasteiger partial charge in [-0.2, -0.15) is 0 Å². The Morgan fingerprint density at radius 3 is 2.22 bits per heavy atom. The maximum absolute atomic E-state index is 11.5. The molecule has 1 aromatic carbocycles. The van der Waals surface area contributed by atoms with Gasteiger partial charge in [-0.1, -0.05) is 0 Å². The molecule has 5 heteroatoms. The van der Waals surface area contributed by atoms with Crippen LogP contribution in [-0.2, 0) is 9.53 Å². The first kappa shape index (κ1) is 15.1. The number of rotatable bonds is 4. The summed E-state index contributed by atoms with van der Waals surface area (Å²) in [6.45, 7) is 5.49. The third kappa shape index (κ3) is 5.56. The molecule has 1 rings (SSSR count). The molecule has 0 atom stereocenters. The Bertz CT molecular complexity index is 435. The van der Waals surface area contributed by atoms with Crippen molar-refractivity contribution in [2.75, 3.05) is 5.75 Å². The van der Waals surface area contributed by atoms with Gasteiger partial charge in [0.25, 0.3) is 5.24 Å². The number of ether oxygens (including phenoxy) is 1. The van der Waals surface area contributed by atoms with Crippen LogP contribution in [0.3, 0.4) is 0 Å². The van der Waals surface area contributed by atoms with E-state index in [4.69, 9.17) is 16.3 Å². The van der Waals surface area contributed by atoms with Gasteiger partial charge in [-0.3, -0.25) is 9.59 Å². The van der Waals surface area contributed by atoms with Gasteiger partial charge < -0.3 is 4.74 Å². The molecule has 0 aliphatic heterocycles. The standard InChI is InChI=1S/C13H15ClO3S/c1-13(2,3)17-11(15)8-18-10-6-4-9(5-7-10)12(14)16/h4-7H,8H2,1-3H3. The number of carbonyl (C=O) groups excluding carboxylic acids is 2. The number of hydrogen-bond donors (Lipinski definition) is 0. The summed E-state index contributed by atoms with van der Waals surface area (Å²) < 4.78 is 5.19. The number of benzene rings is 1. The second-order valence-electron chi connectivity index (χ2n) is 4.67. The predicted molar refractivity (Wildman–Crippen MR) is 73.2 cm³/mol. The van der Waals surface area contributed by atoms with E-state index in [1.807, 2.05) is 20.8 Å². The zero-order valence-electron chi connectivity index (χ0n) is 10.5. The maximum Gasteiger partial charge on any atom is 0.316 e. The average Bonchev–Trinajstić information content (AvgIpc) is 2.24. The molecule has 0 radical (unpaired) electrons. The van der Waals surface area contributed by atoms with Crippen molar-refractivity contribution in [3.8, 4) is 0 Å². The summed E-state index contributed by atoms with van der Waals surface area (Å²) in [6.07, 6.45) is 0. The van der Waals surface area contributed by atoms with Crippen molar-refractivity contribution >= 4 is 34.6 Å². The summed E-state index contributed by atoms with van der Waals surface area (Å²) in [6, 6.07) is 6.77. The van der Waals surface area contributed by atoms with Gasteiger partial charge >= 0.3 is 5.97 Å². The van der Waals surface area contributed by atoms with E-state index in [0.29, 0.717) is 5.56 Å². The van der Waals surface area contributed by atoms with Crippen molar-refractivity contribution in [3.05, 3.63) is 29.8 Å². The van der Waals surface area contributed by atoms with Gasteiger partial charge in [0.1, 0.15) is 5.60 Å². The van der Waals surface area contributed by atoms with Gasteiger partial charge in [0.05, 0.1) is 5.75 Å². The van der Waals surface area contributed by atoms with Gasteiger partial charge in [0.15, 0.2) is 0 Å². The molecular formula is C13H15ClO3S. The van der Waals surface area contributed by atoms with Gasteiger partial charge in [-0.05, 0) is 56.6 Å². The Morgan fingerprint density at radius 2 is 1.78 bits per heavy atom. The Hall–Kier alpha value is -1.00. The van der Waals surface area contributed by atoms with E-state index in [-0.39, 0.29) is 11.7 Å². The largest absolute Gasteiger partial charge is 0.459 e. The van der Waals surface area contributed by atoms with Crippen LogP contribution >= 0.6 is 23.4 Å². The summed E-state index contributed by atoms with van der Waals surface area (Å²) in [5.41, 5.74) is -0.0229. The lowest BCUT2D eigenvalue weighted by Gasteiger charge is -2.19. The minimum Gasteiger partial charge on any atom is -0.459 e. The van der Waals surface area contributed by atoms with E-state index in [9.17, 15) is 9.59 Å². The van der Waals surface area contributed by atoms with E-state index in [1.165, 1.54) is 11.8 Å². The second-order valence-corrected chi connectivity index (χ2v) is 6.07. The summed E-state index contributed by atoms with van der Waals surface area (Å²) >= 11 is 6.70. The molecule has 0 amide bonds. The van der Waals surface area contributed by atoms with Crippen LogP contribution in [0.5, 0.6) is 0 Å². The molecule has 0 aliphatic rings. The van der Waals surface area contributed by atoms with Crippen LogP contribution in [0.25, 0.3) is 0 Å². The lowest BCUT2D eigenvalue weighted by molar-refractivity contribution is -0.151. The first-order valence-corrected chi connectivity index (χ1v) is 6.79. The first-order chi connectivity index (χ1) is 8.28. The molecule has 98 valence electrons. The highest BCUT2D eigenvalue weighted by Gasteiger charge is 2.16. The van der Waals surface area contributed by atoms with Crippen molar-refractivity contribution in [2.24, 2.45) is 0 Å². The highest BCUT2D eigenvalue weighted by molar-refractivity contribution is 8.00. The number of thioether (sulfide) groups is 1. The molecule has 0 aliphatic carbocycles. The lowest BCUT2D eigenvalue weighted by Crippen LogP contribution is -2.24. The summed E-state index contributed by atoms with van der Waals surface area (Å²) in [5, 5.41) is -0.487. The van der Waals surface area contributed by atoms with Crippen LogP contribution in [0.4, 0.5) is 0 Å². The third-order valence-electron chi connectivity index (χ3n) is 1.86. The average molecular weight is 287 g/mol. The van der Waals surface area contributed by atoms with E-state index < -0.39 is 10.8 Å². The van der Waals surface area contributed by atoms with Crippen LogP contribution < -0.4 is 0 Å². The molecule has 1 aromatic rings. The predicted octanol–water partition coefficient (Wildman–Crippen LogP) is 3.50. The van der Waals surface area contributed by atoms with Crippen molar-refractivity contribution < 1.29 is 14.3 Å². The lowest BCUT2D eigenvalue weighted by atomic mass is 10.2. The molecule has 0 saturated heterocycles.